The van der Waals surface area contributed by atoms with Crippen LogP contribution in [0.1, 0.15) is 36.6 Å². The summed E-state index contributed by atoms with van der Waals surface area (Å²) in [5.74, 6) is 2.55. The van der Waals surface area contributed by atoms with Crippen molar-refractivity contribution in [1.82, 2.24) is 9.97 Å². The molecule has 1 aromatic carbocycles. The third-order valence-corrected chi connectivity index (χ3v) is 4.67. The summed E-state index contributed by atoms with van der Waals surface area (Å²) in [7, 11) is 0. The zero-order valence-electron chi connectivity index (χ0n) is 14.6. The van der Waals surface area contributed by atoms with Crippen LogP contribution in [0, 0.1) is 26.7 Å². The van der Waals surface area contributed by atoms with Crippen LogP contribution < -0.4 is 10.2 Å². The molecule has 1 fully saturated rings. The number of para-hydroxylation sites is 1. The molecule has 0 unspecified atom stereocenters. The minimum absolute atomic E-state index is 0.691. The Morgan fingerprint density at radius 1 is 1.04 bits per heavy atom. The molecule has 0 spiro atoms. The highest BCUT2D eigenvalue weighted by Crippen LogP contribution is 2.26. The molecule has 122 valence electrons. The zero-order valence-corrected chi connectivity index (χ0v) is 14.6. The summed E-state index contributed by atoms with van der Waals surface area (Å²) in [6.07, 6.45) is 2.48. The van der Waals surface area contributed by atoms with Gasteiger partial charge in [-0.25, -0.2) is 4.98 Å². The predicted octanol–water partition coefficient (Wildman–Crippen LogP) is 4.38. The van der Waals surface area contributed by atoms with Gasteiger partial charge in [0.25, 0.3) is 0 Å². The van der Waals surface area contributed by atoms with Crippen molar-refractivity contribution in [3.63, 3.8) is 0 Å². The topological polar surface area (TPSA) is 41.1 Å². The van der Waals surface area contributed by atoms with Crippen molar-refractivity contribution in [2.24, 2.45) is 5.92 Å². The van der Waals surface area contributed by atoms with Crippen LogP contribution in [0.3, 0.4) is 0 Å². The van der Waals surface area contributed by atoms with Crippen molar-refractivity contribution in [2.45, 2.75) is 40.5 Å². The van der Waals surface area contributed by atoms with Crippen LogP contribution in [0.25, 0.3) is 0 Å². The largest absolute Gasteiger partial charge is 0.356 e. The molecule has 2 heterocycles. The molecule has 1 aliphatic rings. The minimum Gasteiger partial charge on any atom is -0.356 e. The molecule has 0 atom stereocenters. The van der Waals surface area contributed by atoms with E-state index in [9.17, 15) is 0 Å². The first-order valence-corrected chi connectivity index (χ1v) is 8.47. The Morgan fingerprint density at radius 2 is 1.70 bits per heavy atom. The molecular formula is C19H26N4. The Bertz CT molecular complexity index is 668. The van der Waals surface area contributed by atoms with Gasteiger partial charge in [-0.15, -0.1) is 0 Å². The molecule has 4 nitrogen and oxygen atoms in total. The molecule has 1 aliphatic heterocycles. The van der Waals surface area contributed by atoms with Gasteiger partial charge in [-0.1, -0.05) is 25.1 Å². The van der Waals surface area contributed by atoms with Crippen LogP contribution in [0.5, 0.6) is 0 Å². The fourth-order valence-electron chi connectivity index (χ4n) is 3.13. The summed E-state index contributed by atoms with van der Waals surface area (Å²) in [4.78, 5) is 11.7. The summed E-state index contributed by atoms with van der Waals surface area (Å²) < 4.78 is 0. The van der Waals surface area contributed by atoms with Gasteiger partial charge in [0.2, 0.25) is 5.95 Å². The number of rotatable bonds is 3. The Hall–Kier alpha value is -2.10. The third-order valence-electron chi connectivity index (χ3n) is 4.67. The van der Waals surface area contributed by atoms with Gasteiger partial charge in [-0.05, 0) is 50.7 Å². The van der Waals surface area contributed by atoms with Crippen LogP contribution in [-0.2, 0) is 0 Å². The highest BCUT2D eigenvalue weighted by atomic mass is 15.2. The Balaban J connectivity index is 1.86. The summed E-state index contributed by atoms with van der Waals surface area (Å²) in [6.45, 7) is 10.8. The summed E-state index contributed by atoms with van der Waals surface area (Å²) in [6, 6.07) is 8.38. The average Bonchev–Trinajstić information content (AvgIpc) is 2.51. The van der Waals surface area contributed by atoms with Gasteiger partial charge in [0.05, 0.1) is 0 Å². The van der Waals surface area contributed by atoms with E-state index in [-0.39, 0.29) is 0 Å². The van der Waals surface area contributed by atoms with Crippen LogP contribution in [0.4, 0.5) is 17.5 Å². The standard InChI is InChI=1S/C19H26N4/c1-13-8-10-23(11-9-13)17-12-16(4)20-19(21-17)22-18-14(2)6-5-7-15(18)3/h5-7,12-13H,8-11H2,1-4H3,(H,20,21,22). The Morgan fingerprint density at radius 3 is 2.35 bits per heavy atom. The molecule has 4 heteroatoms. The maximum Gasteiger partial charge on any atom is 0.229 e. The summed E-state index contributed by atoms with van der Waals surface area (Å²) in [5, 5.41) is 3.42. The van der Waals surface area contributed by atoms with Crippen LogP contribution in [0.15, 0.2) is 24.3 Å². The number of nitrogens with one attached hydrogen (secondary N) is 1. The van der Waals surface area contributed by atoms with Crippen molar-refractivity contribution < 1.29 is 0 Å². The molecule has 0 aliphatic carbocycles. The molecule has 0 amide bonds. The number of anilines is 3. The number of benzene rings is 1. The van der Waals surface area contributed by atoms with Crippen molar-refractivity contribution in [3.05, 3.63) is 41.1 Å². The molecule has 1 saturated heterocycles. The first-order chi connectivity index (χ1) is 11.0. The maximum atomic E-state index is 4.76. The number of aromatic nitrogens is 2. The Kier molecular flexibility index (Phi) is 4.51. The van der Waals surface area contributed by atoms with Crippen molar-refractivity contribution in [2.75, 3.05) is 23.3 Å². The first kappa shape index (κ1) is 15.8. The van der Waals surface area contributed by atoms with E-state index in [4.69, 9.17) is 4.98 Å². The maximum absolute atomic E-state index is 4.76. The van der Waals surface area contributed by atoms with E-state index in [1.54, 1.807) is 0 Å². The van der Waals surface area contributed by atoms with Crippen LogP contribution >= 0.6 is 0 Å². The molecular weight excluding hydrogens is 284 g/mol. The minimum atomic E-state index is 0.691. The van der Waals surface area contributed by atoms with E-state index >= 15 is 0 Å². The second-order valence-electron chi connectivity index (χ2n) is 6.75. The van der Waals surface area contributed by atoms with Gasteiger partial charge in [0.15, 0.2) is 0 Å². The number of hydrogen-bond donors (Lipinski definition) is 1. The highest BCUT2D eigenvalue weighted by Gasteiger charge is 2.18. The number of nitrogens with zero attached hydrogens (tertiary/aromatic N) is 3. The van der Waals surface area contributed by atoms with Gasteiger partial charge in [-0.3, -0.25) is 0 Å². The zero-order chi connectivity index (χ0) is 16.4. The van der Waals surface area contributed by atoms with Gasteiger partial charge in [-0.2, -0.15) is 4.98 Å². The van der Waals surface area contributed by atoms with Gasteiger partial charge in [0.1, 0.15) is 5.82 Å². The monoisotopic (exact) mass is 310 g/mol. The number of hydrogen-bond acceptors (Lipinski definition) is 4. The molecule has 3 rings (SSSR count). The van der Waals surface area contributed by atoms with E-state index in [2.05, 4.69) is 60.2 Å². The molecule has 2 aromatic rings. The van der Waals surface area contributed by atoms with Crippen molar-refractivity contribution in [1.29, 1.82) is 0 Å². The lowest BCUT2D eigenvalue weighted by molar-refractivity contribution is 0.436. The summed E-state index contributed by atoms with van der Waals surface area (Å²) >= 11 is 0. The second-order valence-corrected chi connectivity index (χ2v) is 6.75. The fraction of sp³-hybridized carbons (Fsp3) is 0.474. The summed E-state index contributed by atoms with van der Waals surface area (Å²) in [5.41, 5.74) is 4.53. The molecule has 1 N–H and O–H groups in total. The second kappa shape index (κ2) is 6.57. The first-order valence-electron chi connectivity index (χ1n) is 8.47. The lowest BCUT2D eigenvalue weighted by atomic mass is 9.99. The van der Waals surface area contributed by atoms with E-state index in [0.717, 1.165) is 36.2 Å². The van der Waals surface area contributed by atoms with Gasteiger partial charge in [0, 0.05) is 30.5 Å². The molecule has 0 bridgehead atoms. The normalized spacial score (nSPS) is 15.7. The smallest absolute Gasteiger partial charge is 0.229 e. The number of aryl methyl sites for hydroxylation is 3. The van der Waals surface area contributed by atoms with Crippen molar-refractivity contribution in [3.8, 4) is 0 Å². The van der Waals surface area contributed by atoms with Crippen LogP contribution in [0.2, 0.25) is 0 Å². The van der Waals surface area contributed by atoms with E-state index in [1.165, 1.54) is 24.0 Å². The predicted molar refractivity (Wildman–Crippen MR) is 96.6 cm³/mol. The molecule has 0 radical (unpaired) electrons. The highest BCUT2D eigenvalue weighted by molar-refractivity contribution is 5.63. The lowest BCUT2D eigenvalue weighted by Gasteiger charge is -2.31. The average molecular weight is 310 g/mol. The van der Waals surface area contributed by atoms with Gasteiger partial charge < -0.3 is 10.2 Å². The third kappa shape index (κ3) is 3.63. The fourth-order valence-corrected chi connectivity index (χ4v) is 3.13. The van der Waals surface area contributed by atoms with E-state index in [1.807, 2.05) is 6.92 Å². The molecule has 1 aromatic heterocycles. The number of piperidine rings is 1. The quantitative estimate of drug-likeness (QED) is 0.913. The molecule has 0 saturated carbocycles. The Labute approximate surface area is 139 Å². The SMILES string of the molecule is Cc1cc(N2CCC(C)CC2)nc(Nc2c(C)cccc2C)n1. The van der Waals surface area contributed by atoms with Crippen LogP contribution in [-0.4, -0.2) is 23.1 Å². The van der Waals surface area contributed by atoms with Crippen molar-refractivity contribution >= 4 is 17.5 Å². The molecule has 23 heavy (non-hydrogen) atoms. The van der Waals surface area contributed by atoms with Gasteiger partial charge >= 0.3 is 0 Å². The lowest BCUT2D eigenvalue weighted by Crippen LogP contribution is -2.33. The van der Waals surface area contributed by atoms with E-state index < -0.39 is 0 Å². The van der Waals surface area contributed by atoms with E-state index in [0.29, 0.717) is 5.95 Å².